The molecular weight excluding hydrogens is 346 g/mol. The van der Waals surface area contributed by atoms with Gasteiger partial charge in [-0.05, 0) is 36.8 Å². The molecule has 6 heteroatoms. The summed E-state index contributed by atoms with van der Waals surface area (Å²) in [4.78, 5) is 25.7. The number of methoxy groups -OCH3 is 2. The number of ether oxygens (including phenoxy) is 3. The third kappa shape index (κ3) is 6.66. The lowest BCUT2D eigenvalue weighted by molar-refractivity contribution is -0.142. The van der Waals surface area contributed by atoms with Crippen molar-refractivity contribution in [1.29, 1.82) is 0 Å². The maximum Gasteiger partial charge on any atom is 0.307 e. The summed E-state index contributed by atoms with van der Waals surface area (Å²) in [5.41, 5.74) is 2.05. The lowest BCUT2D eigenvalue weighted by Crippen LogP contribution is -2.36. The first-order valence-corrected chi connectivity index (χ1v) is 8.69. The highest BCUT2D eigenvalue weighted by atomic mass is 16.5. The number of nitrogens with zero attached hydrogens (tertiary/aromatic N) is 1. The molecule has 0 heterocycles. The van der Waals surface area contributed by atoms with Crippen LogP contribution >= 0.6 is 0 Å². The van der Waals surface area contributed by atoms with Crippen molar-refractivity contribution in [3.63, 3.8) is 0 Å². The summed E-state index contributed by atoms with van der Waals surface area (Å²) in [7, 11) is 2.93. The molecule has 0 bridgehead atoms. The van der Waals surface area contributed by atoms with Gasteiger partial charge < -0.3 is 19.1 Å². The van der Waals surface area contributed by atoms with Crippen molar-refractivity contribution in [2.24, 2.45) is 0 Å². The molecule has 0 saturated carbocycles. The average molecular weight is 371 g/mol. The molecule has 1 amide bonds. The normalized spacial score (nSPS) is 10.2. The van der Waals surface area contributed by atoms with Crippen molar-refractivity contribution >= 4 is 11.9 Å². The van der Waals surface area contributed by atoms with Crippen molar-refractivity contribution in [3.8, 4) is 11.5 Å². The van der Waals surface area contributed by atoms with E-state index in [4.69, 9.17) is 9.47 Å². The molecule has 0 atom stereocenters. The molecule has 0 aliphatic rings. The zero-order valence-corrected chi connectivity index (χ0v) is 15.9. The SMILES string of the molecule is COC(=O)CCN(Cc1ccc(OC)cc1)C(=O)COc1ccc(C)cc1. The number of carbonyl (C=O) groups is 2. The molecule has 2 aromatic carbocycles. The van der Waals surface area contributed by atoms with Gasteiger partial charge in [-0.3, -0.25) is 9.59 Å². The van der Waals surface area contributed by atoms with Crippen LogP contribution in [0.25, 0.3) is 0 Å². The predicted octanol–water partition coefficient (Wildman–Crippen LogP) is 2.97. The Morgan fingerprint density at radius 2 is 1.56 bits per heavy atom. The van der Waals surface area contributed by atoms with E-state index in [2.05, 4.69) is 4.74 Å². The number of rotatable bonds is 9. The van der Waals surface area contributed by atoms with Gasteiger partial charge in [-0.2, -0.15) is 0 Å². The Morgan fingerprint density at radius 3 is 2.15 bits per heavy atom. The van der Waals surface area contributed by atoms with Gasteiger partial charge in [0.25, 0.3) is 5.91 Å². The number of hydrogen-bond donors (Lipinski definition) is 0. The Balaban J connectivity index is 2.01. The van der Waals surface area contributed by atoms with Crippen LogP contribution in [0.2, 0.25) is 0 Å². The van der Waals surface area contributed by atoms with E-state index in [1.807, 2.05) is 55.5 Å². The standard InChI is InChI=1S/C21H25NO5/c1-16-4-8-19(9-5-16)27-15-20(23)22(13-12-21(24)26-3)14-17-6-10-18(25-2)11-7-17/h4-11H,12-15H2,1-3H3. The molecule has 0 aliphatic heterocycles. The maximum atomic E-state index is 12.6. The first-order chi connectivity index (χ1) is 13.0. The minimum atomic E-state index is -0.359. The van der Waals surface area contributed by atoms with Gasteiger partial charge in [-0.25, -0.2) is 0 Å². The van der Waals surface area contributed by atoms with E-state index in [1.165, 1.54) is 7.11 Å². The van der Waals surface area contributed by atoms with E-state index in [0.717, 1.165) is 16.9 Å². The van der Waals surface area contributed by atoms with Crippen molar-refractivity contribution in [2.75, 3.05) is 27.4 Å². The average Bonchev–Trinajstić information content (AvgIpc) is 2.70. The second kappa shape index (κ2) is 10.2. The fraction of sp³-hybridized carbons (Fsp3) is 0.333. The molecule has 0 N–H and O–H groups in total. The lowest BCUT2D eigenvalue weighted by Gasteiger charge is -2.22. The largest absolute Gasteiger partial charge is 0.497 e. The highest BCUT2D eigenvalue weighted by molar-refractivity contribution is 5.78. The zero-order chi connectivity index (χ0) is 19.6. The summed E-state index contributed by atoms with van der Waals surface area (Å²) in [6, 6.07) is 14.9. The fourth-order valence-corrected chi connectivity index (χ4v) is 2.44. The summed E-state index contributed by atoms with van der Waals surface area (Å²) >= 11 is 0. The molecule has 0 spiro atoms. The molecule has 144 valence electrons. The van der Waals surface area contributed by atoms with Gasteiger partial charge in [0.2, 0.25) is 0 Å². The Morgan fingerprint density at radius 1 is 0.926 bits per heavy atom. The first kappa shape index (κ1) is 20.3. The van der Waals surface area contributed by atoms with Gasteiger partial charge in [0.05, 0.1) is 20.6 Å². The topological polar surface area (TPSA) is 65.1 Å². The maximum absolute atomic E-state index is 12.6. The fourth-order valence-electron chi connectivity index (χ4n) is 2.44. The van der Waals surface area contributed by atoms with Gasteiger partial charge in [-0.1, -0.05) is 29.8 Å². The van der Waals surface area contributed by atoms with Crippen LogP contribution in [0.3, 0.4) is 0 Å². The molecule has 0 aromatic heterocycles. The van der Waals surface area contributed by atoms with Crippen LogP contribution in [-0.4, -0.2) is 44.1 Å². The summed E-state index contributed by atoms with van der Waals surface area (Å²) in [6.45, 7) is 2.52. The van der Waals surface area contributed by atoms with Crippen LogP contribution < -0.4 is 9.47 Å². The van der Waals surface area contributed by atoms with Crippen molar-refractivity contribution in [1.82, 2.24) is 4.90 Å². The Kier molecular flexibility index (Phi) is 7.67. The molecule has 0 aliphatic carbocycles. The minimum absolute atomic E-state index is 0.0968. The molecule has 2 aromatic rings. The van der Waals surface area contributed by atoms with Crippen LogP contribution in [0.5, 0.6) is 11.5 Å². The van der Waals surface area contributed by atoms with Gasteiger partial charge in [0.1, 0.15) is 11.5 Å². The molecular formula is C21H25NO5. The van der Waals surface area contributed by atoms with E-state index in [0.29, 0.717) is 12.3 Å². The second-order valence-corrected chi connectivity index (χ2v) is 6.09. The van der Waals surface area contributed by atoms with Gasteiger partial charge >= 0.3 is 5.97 Å². The zero-order valence-electron chi connectivity index (χ0n) is 15.9. The van der Waals surface area contributed by atoms with E-state index >= 15 is 0 Å². The smallest absolute Gasteiger partial charge is 0.307 e. The Labute approximate surface area is 159 Å². The Bertz CT molecular complexity index is 740. The van der Waals surface area contributed by atoms with Crippen LogP contribution in [0.4, 0.5) is 0 Å². The number of hydrogen-bond acceptors (Lipinski definition) is 5. The third-order valence-corrected chi connectivity index (χ3v) is 4.08. The van der Waals surface area contributed by atoms with Crippen LogP contribution in [-0.2, 0) is 20.9 Å². The van der Waals surface area contributed by atoms with E-state index in [-0.39, 0.29) is 31.4 Å². The molecule has 2 rings (SSSR count). The van der Waals surface area contributed by atoms with Gasteiger partial charge in [0, 0.05) is 13.1 Å². The van der Waals surface area contributed by atoms with Gasteiger partial charge in [-0.15, -0.1) is 0 Å². The summed E-state index contributed by atoms with van der Waals surface area (Å²) in [5, 5.41) is 0. The summed E-state index contributed by atoms with van der Waals surface area (Å²) in [5.74, 6) is 0.817. The molecule has 0 unspecified atom stereocenters. The number of benzene rings is 2. The van der Waals surface area contributed by atoms with E-state index in [9.17, 15) is 9.59 Å². The molecule has 0 saturated heterocycles. The van der Waals surface area contributed by atoms with Crippen LogP contribution in [0.15, 0.2) is 48.5 Å². The van der Waals surface area contributed by atoms with Gasteiger partial charge in [0.15, 0.2) is 6.61 Å². The minimum Gasteiger partial charge on any atom is -0.497 e. The summed E-state index contributed by atoms with van der Waals surface area (Å²) in [6.07, 6.45) is 0.128. The van der Waals surface area contributed by atoms with Crippen molar-refractivity contribution in [2.45, 2.75) is 19.9 Å². The van der Waals surface area contributed by atoms with E-state index < -0.39 is 0 Å². The lowest BCUT2D eigenvalue weighted by atomic mass is 10.2. The molecule has 0 radical (unpaired) electrons. The molecule has 0 fully saturated rings. The highest BCUT2D eigenvalue weighted by Gasteiger charge is 2.17. The second-order valence-electron chi connectivity index (χ2n) is 6.09. The van der Waals surface area contributed by atoms with Crippen LogP contribution in [0, 0.1) is 6.92 Å². The van der Waals surface area contributed by atoms with Crippen molar-refractivity contribution < 1.29 is 23.8 Å². The summed E-state index contributed by atoms with van der Waals surface area (Å²) < 4.78 is 15.4. The number of esters is 1. The molecule has 6 nitrogen and oxygen atoms in total. The van der Waals surface area contributed by atoms with Crippen molar-refractivity contribution in [3.05, 3.63) is 59.7 Å². The highest BCUT2D eigenvalue weighted by Crippen LogP contribution is 2.15. The number of aryl methyl sites for hydroxylation is 1. The Hall–Kier alpha value is -3.02. The van der Waals surface area contributed by atoms with E-state index in [1.54, 1.807) is 12.0 Å². The predicted molar refractivity (Wildman–Crippen MR) is 102 cm³/mol. The van der Waals surface area contributed by atoms with Crippen LogP contribution in [0.1, 0.15) is 17.5 Å². The monoisotopic (exact) mass is 371 g/mol. The quantitative estimate of drug-likeness (QED) is 0.634. The first-order valence-electron chi connectivity index (χ1n) is 8.69. The number of carbonyl (C=O) groups excluding carboxylic acids is 2. The number of amides is 1. The third-order valence-electron chi connectivity index (χ3n) is 4.08. The molecule has 27 heavy (non-hydrogen) atoms.